The first-order valence-electron chi connectivity index (χ1n) is 7.59. The van der Waals surface area contributed by atoms with Crippen LogP contribution in [-0.4, -0.2) is 43.8 Å². The summed E-state index contributed by atoms with van der Waals surface area (Å²) in [6.07, 6.45) is 3.10. The van der Waals surface area contributed by atoms with Crippen LogP contribution in [0.2, 0.25) is 5.02 Å². The Balaban J connectivity index is 0.00000121. The highest BCUT2D eigenvalue weighted by atomic mass is 35.5. The van der Waals surface area contributed by atoms with E-state index in [1.54, 1.807) is 0 Å². The molecule has 0 amide bonds. The average molecular weight is 368 g/mol. The van der Waals surface area contributed by atoms with Gasteiger partial charge in [0.05, 0.1) is 12.7 Å². The number of halogens is 3. The highest BCUT2D eigenvalue weighted by Crippen LogP contribution is 2.19. The lowest BCUT2D eigenvalue weighted by Crippen LogP contribution is -2.37. The van der Waals surface area contributed by atoms with E-state index in [0.717, 1.165) is 37.2 Å². The number of likely N-dealkylation sites (tertiary alicyclic amines) is 1. The molecule has 1 aromatic rings. The van der Waals surface area contributed by atoms with E-state index in [0.29, 0.717) is 6.10 Å². The number of benzene rings is 1. The Labute approximate surface area is 150 Å². The van der Waals surface area contributed by atoms with Gasteiger partial charge in [-0.3, -0.25) is 4.90 Å². The third-order valence-corrected chi connectivity index (χ3v) is 4.49. The summed E-state index contributed by atoms with van der Waals surface area (Å²) in [6, 6.07) is 8.22. The normalized spacial score (nSPS) is 21.8. The molecule has 2 heterocycles. The molecular weight excluding hydrogens is 343 g/mol. The van der Waals surface area contributed by atoms with Crippen LogP contribution in [0.25, 0.3) is 0 Å². The van der Waals surface area contributed by atoms with Gasteiger partial charge in [0.2, 0.25) is 0 Å². The lowest BCUT2D eigenvalue weighted by Gasteiger charge is -2.32. The Morgan fingerprint density at radius 2 is 1.73 bits per heavy atom. The van der Waals surface area contributed by atoms with Crippen LogP contribution in [0, 0.1) is 5.92 Å². The minimum Gasteiger partial charge on any atom is -0.372 e. The number of epoxide rings is 1. The molecular formula is C16H25Cl3N2O. The largest absolute Gasteiger partial charge is 0.372 e. The monoisotopic (exact) mass is 366 g/mol. The lowest BCUT2D eigenvalue weighted by molar-refractivity contribution is 0.175. The fraction of sp³-hybridized carbons (Fsp3) is 0.625. The molecule has 2 saturated heterocycles. The van der Waals surface area contributed by atoms with Crippen molar-refractivity contribution in [2.75, 3.05) is 32.8 Å². The zero-order valence-electron chi connectivity index (χ0n) is 12.7. The molecule has 0 aromatic heterocycles. The van der Waals surface area contributed by atoms with Crippen molar-refractivity contribution < 1.29 is 4.74 Å². The second-order valence-corrected chi connectivity index (χ2v) is 6.40. The van der Waals surface area contributed by atoms with Crippen LogP contribution < -0.4 is 5.32 Å². The van der Waals surface area contributed by atoms with Crippen molar-refractivity contribution in [1.82, 2.24) is 10.2 Å². The van der Waals surface area contributed by atoms with Crippen LogP contribution in [0.3, 0.4) is 0 Å². The van der Waals surface area contributed by atoms with Crippen LogP contribution in [-0.2, 0) is 11.3 Å². The van der Waals surface area contributed by atoms with E-state index in [4.69, 9.17) is 16.3 Å². The van der Waals surface area contributed by atoms with E-state index in [1.807, 2.05) is 12.1 Å². The third kappa shape index (κ3) is 6.61. The third-order valence-electron chi connectivity index (χ3n) is 4.23. The summed E-state index contributed by atoms with van der Waals surface area (Å²) >= 11 is 5.92. The first kappa shape index (κ1) is 20.0. The van der Waals surface area contributed by atoms with E-state index in [1.165, 1.54) is 31.5 Å². The number of hydrogen-bond acceptors (Lipinski definition) is 3. The zero-order valence-corrected chi connectivity index (χ0v) is 15.1. The molecule has 0 spiro atoms. The van der Waals surface area contributed by atoms with Crippen LogP contribution in [0.1, 0.15) is 18.4 Å². The summed E-state index contributed by atoms with van der Waals surface area (Å²) < 4.78 is 5.21. The Morgan fingerprint density at radius 3 is 2.32 bits per heavy atom. The fourth-order valence-electron chi connectivity index (χ4n) is 2.83. The molecule has 6 heteroatoms. The van der Waals surface area contributed by atoms with Gasteiger partial charge in [0.25, 0.3) is 0 Å². The predicted octanol–water partition coefficient (Wildman–Crippen LogP) is 3.38. The summed E-state index contributed by atoms with van der Waals surface area (Å²) in [5, 5.41) is 4.35. The Morgan fingerprint density at radius 1 is 1.09 bits per heavy atom. The van der Waals surface area contributed by atoms with Gasteiger partial charge in [-0.05, 0) is 56.1 Å². The maximum Gasteiger partial charge on any atom is 0.0933 e. The minimum atomic E-state index is 0. The molecule has 22 heavy (non-hydrogen) atoms. The number of nitrogens with one attached hydrogen (secondary N) is 1. The number of piperidine rings is 1. The van der Waals surface area contributed by atoms with E-state index < -0.39 is 0 Å². The van der Waals surface area contributed by atoms with Gasteiger partial charge in [0, 0.05) is 18.1 Å². The molecule has 0 bridgehead atoms. The number of hydrogen-bond donors (Lipinski definition) is 1. The van der Waals surface area contributed by atoms with Crippen molar-refractivity contribution in [2.24, 2.45) is 5.92 Å². The van der Waals surface area contributed by atoms with Gasteiger partial charge in [0.1, 0.15) is 0 Å². The average Bonchev–Trinajstić information content (AvgIpc) is 3.28. The van der Waals surface area contributed by atoms with Crippen molar-refractivity contribution in [3.63, 3.8) is 0 Å². The quantitative estimate of drug-likeness (QED) is 0.781. The van der Waals surface area contributed by atoms with Crippen molar-refractivity contribution in [2.45, 2.75) is 25.5 Å². The van der Waals surface area contributed by atoms with Crippen molar-refractivity contribution in [1.29, 1.82) is 0 Å². The van der Waals surface area contributed by atoms with Gasteiger partial charge >= 0.3 is 0 Å². The number of nitrogens with zero attached hydrogens (tertiary/aromatic N) is 1. The van der Waals surface area contributed by atoms with Crippen LogP contribution in [0.15, 0.2) is 24.3 Å². The van der Waals surface area contributed by atoms with E-state index >= 15 is 0 Å². The summed E-state index contributed by atoms with van der Waals surface area (Å²) in [5.41, 5.74) is 1.36. The summed E-state index contributed by atoms with van der Waals surface area (Å²) in [5.74, 6) is 0.829. The SMILES string of the molecule is Cl.Cl.Clc1ccc(CN2CCC(CNCC3CO3)CC2)cc1. The zero-order chi connectivity index (χ0) is 13.8. The van der Waals surface area contributed by atoms with E-state index in [2.05, 4.69) is 22.3 Å². The summed E-state index contributed by atoms with van der Waals surface area (Å²) in [4.78, 5) is 2.55. The first-order chi connectivity index (χ1) is 9.79. The molecule has 126 valence electrons. The van der Waals surface area contributed by atoms with Crippen LogP contribution in [0.4, 0.5) is 0 Å². The summed E-state index contributed by atoms with van der Waals surface area (Å²) in [6.45, 7) is 6.59. The van der Waals surface area contributed by atoms with Gasteiger partial charge in [-0.15, -0.1) is 24.8 Å². The number of ether oxygens (including phenoxy) is 1. The van der Waals surface area contributed by atoms with Crippen molar-refractivity contribution >= 4 is 36.4 Å². The number of rotatable bonds is 6. The highest BCUT2D eigenvalue weighted by Gasteiger charge is 2.23. The molecule has 0 saturated carbocycles. The molecule has 2 aliphatic heterocycles. The Hall–Kier alpha value is -0.0300. The van der Waals surface area contributed by atoms with Gasteiger partial charge in [0.15, 0.2) is 0 Å². The van der Waals surface area contributed by atoms with Gasteiger partial charge in [-0.2, -0.15) is 0 Å². The Bertz CT molecular complexity index is 418. The summed E-state index contributed by atoms with van der Waals surface area (Å²) in [7, 11) is 0. The molecule has 3 nitrogen and oxygen atoms in total. The molecule has 3 rings (SSSR count). The maximum absolute atomic E-state index is 5.92. The van der Waals surface area contributed by atoms with Crippen LogP contribution in [0.5, 0.6) is 0 Å². The molecule has 1 N–H and O–H groups in total. The van der Waals surface area contributed by atoms with Crippen LogP contribution >= 0.6 is 36.4 Å². The molecule has 0 aliphatic carbocycles. The molecule has 2 aliphatic rings. The first-order valence-corrected chi connectivity index (χ1v) is 7.96. The standard InChI is InChI=1S/C16H23ClN2O.2ClH/c17-15-3-1-14(2-4-15)11-19-7-5-13(6-8-19)9-18-10-16-12-20-16;;/h1-4,13,16,18H,5-12H2;2*1H. The Kier molecular flexibility index (Phi) is 9.07. The minimum absolute atomic E-state index is 0. The van der Waals surface area contributed by atoms with Gasteiger partial charge in [-0.25, -0.2) is 0 Å². The second-order valence-electron chi connectivity index (χ2n) is 5.96. The molecule has 1 unspecified atom stereocenters. The fourth-order valence-corrected chi connectivity index (χ4v) is 2.96. The highest BCUT2D eigenvalue weighted by molar-refractivity contribution is 6.30. The maximum atomic E-state index is 5.92. The molecule has 1 atom stereocenters. The van der Waals surface area contributed by atoms with Gasteiger partial charge in [-0.1, -0.05) is 23.7 Å². The lowest BCUT2D eigenvalue weighted by atomic mass is 9.96. The molecule has 0 radical (unpaired) electrons. The van der Waals surface area contributed by atoms with Crippen molar-refractivity contribution in [3.8, 4) is 0 Å². The second kappa shape index (κ2) is 9.96. The molecule has 1 aromatic carbocycles. The van der Waals surface area contributed by atoms with Gasteiger partial charge < -0.3 is 10.1 Å². The van der Waals surface area contributed by atoms with E-state index in [9.17, 15) is 0 Å². The smallest absolute Gasteiger partial charge is 0.0933 e. The molecule has 2 fully saturated rings. The topological polar surface area (TPSA) is 27.8 Å². The van der Waals surface area contributed by atoms with E-state index in [-0.39, 0.29) is 24.8 Å². The van der Waals surface area contributed by atoms with Crippen molar-refractivity contribution in [3.05, 3.63) is 34.9 Å². The predicted molar refractivity (Wildman–Crippen MR) is 96.6 cm³/mol.